The molecule has 0 unspecified atom stereocenters. The van der Waals surface area contributed by atoms with Crippen LogP contribution < -0.4 is 10.6 Å². The molecule has 0 saturated carbocycles. The van der Waals surface area contributed by atoms with E-state index in [1.54, 1.807) is 13.0 Å². The lowest BCUT2D eigenvalue weighted by Crippen LogP contribution is -2.32. The van der Waals surface area contributed by atoms with Gasteiger partial charge >= 0.3 is 0 Å². The van der Waals surface area contributed by atoms with Crippen molar-refractivity contribution in [3.63, 3.8) is 0 Å². The maximum Gasteiger partial charge on any atom is 0.274 e. The highest BCUT2D eigenvalue weighted by molar-refractivity contribution is 9.10. The van der Waals surface area contributed by atoms with Crippen molar-refractivity contribution < 1.29 is 9.72 Å². The Bertz CT molecular complexity index is 503. The molecule has 6 nitrogen and oxygen atoms in total. The lowest BCUT2D eigenvalue weighted by molar-refractivity contribution is -0.385. The summed E-state index contributed by atoms with van der Waals surface area (Å²) in [7, 11) is 0. The third kappa shape index (κ3) is 4.60. The number of nitrogens with zero attached hydrogens (tertiary/aromatic N) is 1. The van der Waals surface area contributed by atoms with E-state index in [0.717, 1.165) is 0 Å². The Hall–Kier alpha value is -1.47. The quantitative estimate of drug-likeness (QED) is 0.642. The zero-order valence-electron chi connectivity index (χ0n) is 11.0. The molecular formula is C12H16BrN3O3. The first-order valence-electron chi connectivity index (χ1n) is 5.79. The average Bonchev–Trinajstić information content (AvgIpc) is 2.29. The fraction of sp³-hybridized carbons (Fsp3) is 0.417. The topological polar surface area (TPSA) is 84.3 Å². The molecule has 0 saturated heterocycles. The summed E-state index contributed by atoms with van der Waals surface area (Å²) in [4.78, 5) is 22.1. The molecule has 0 aliphatic heterocycles. The van der Waals surface area contributed by atoms with Crippen molar-refractivity contribution in [3.8, 4) is 0 Å². The summed E-state index contributed by atoms with van der Waals surface area (Å²) in [6.07, 6.45) is 0. The minimum absolute atomic E-state index is 0.0182. The van der Waals surface area contributed by atoms with E-state index in [9.17, 15) is 14.9 Å². The molecule has 0 spiro atoms. The standard InChI is InChI=1S/C12H16BrN3O3/c1-7(2)14-6-12(17)15-10-5-11(16(18)19)8(3)4-9(10)13/h4-5,7,14H,6H2,1-3H3,(H,15,17). The second-order valence-corrected chi connectivity index (χ2v) is 5.31. The van der Waals surface area contributed by atoms with Gasteiger partial charge in [-0.2, -0.15) is 0 Å². The van der Waals surface area contributed by atoms with Crippen molar-refractivity contribution in [3.05, 3.63) is 32.3 Å². The first-order valence-corrected chi connectivity index (χ1v) is 6.58. The summed E-state index contributed by atoms with van der Waals surface area (Å²) in [5.74, 6) is -0.243. The van der Waals surface area contributed by atoms with Gasteiger partial charge in [-0.05, 0) is 28.9 Å². The lowest BCUT2D eigenvalue weighted by Gasteiger charge is -2.10. The number of nitro benzene ring substituents is 1. The van der Waals surface area contributed by atoms with Crippen LogP contribution in [-0.2, 0) is 4.79 Å². The van der Waals surface area contributed by atoms with Crippen molar-refractivity contribution in [2.24, 2.45) is 0 Å². The summed E-state index contributed by atoms with van der Waals surface area (Å²) in [5, 5.41) is 16.5. The molecule has 0 bridgehead atoms. The largest absolute Gasteiger partial charge is 0.324 e. The third-order valence-electron chi connectivity index (χ3n) is 2.43. The Labute approximate surface area is 119 Å². The number of halogens is 1. The van der Waals surface area contributed by atoms with E-state index < -0.39 is 4.92 Å². The van der Waals surface area contributed by atoms with Crippen molar-refractivity contribution in [2.75, 3.05) is 11.9 Å². The van der Waals surface area contributed by atoms with Gasteiger partial charge in [0.2, 0.25) is 5.91 Å². The molecular weight excluding hydrogens is 314 g/mol. The van der Waals surface area contributed by atoms with Gasteiger partial charge < -0.3 is 10.6 Å². The fourth-order valence-corrected chi connectivity index (χ4v) is 2.00. The Morgan fingerprint density at radius 1 is 1.47 bits per heavy atom. The number of amides is 1. The van der Waals surface area contributed by atoms with E-state index in [1.165, 1.54) is 6.07 Å². The van der Waals surface area contributed by atoms with E-state index in [2.05, 4.69) is 26.6 Å². The van der Waals surface area contributed by atoms with Crippen LogP contribution in [-0.4, -0.2) is 23.4 Å². The summed E-state index contributed by atoms with van der Waals surface area (Å²) in [5.41, 5.74) is 0.915. The minimum Gasteiger partial charge on any atom is -0.324 e. The van der Waals surface area contributed by atoms with Crippen LogP contribution in [0, 0.1) is 17.0 Å². The summed E-state index contributed by atoms with van der Waals surface area (Å²) in [6, 6.07) is 3.16. The Morgan fingerprint density at radius 3 is 2.63 bits per heavy atom. The van der Waals surface area contributed by atoms with Crippen LogP contribution in [0.4, 0.5) is 11.4 Å². The van der Waals surface area contributed by atoms with Gasteiger partial charge in [-0.3, -0.25) is 14.9 Å². The SMILES string of the molecule is Cc1cc(Br)c(NC(=O)CNC(C)C)cc1[N+](=O)[O-]. The number of anilines is 1. The van der Waals surface area contributed by atoms with Crippen LogP contribution in [0.2, 0.25) is 0 Å². The van der Waals surface area contributed by atoms with Crippen molar-refractivity contribution in [1.29, 1.82) is 0 Å². The molecule has 0 aliphatic carbocycles. The maximum absolute atomic E-state index is 11.7. The van der Waals surface area contributed by atoms with Gasteiger partial charge in [0.05, 0.1) is 17.2 Å². The number of aryl methyl sites for hydroxylation is 1. The van der Waals surface area contributed by atoms with E-state index in [0.29, 0.717) is 15.7 Å². The summed E-state index contributed by atoms with van der Waals surface area (Å²) < 4.78 is 0.619. The fourth-order valence-electron chi connectivity index (χ4n) is 1.44. The van der Waals surface area contributed by atoms with E-state index >= 15 is 0 Å². The van der Waals surface area contributed by atoms with Gasteiger partial charge in [0, 0.05) is 22.1 Å². The van der Waals surface area contributed by atoms with Crippen LogP contribution in [0.25, 0.3) is 0 Å². The van der Waals surface area contributed by atoms with Gasteiger partial charge in [0.1, 0.15) is 0 Å². The van der Waals surface area contributed by atoms with Crippen LogP contribution in [0.1, 0.15) is 19.4 Å². The molecule has 104 valence electrons. The van der Waals surface area contributed by atoms with E-state index in [-0.39, 0.29) is 24.2 Å². The molecule has 0 heterocycles. The maximum atomic E-state index is 11.7. The van der Waals surface area contributed by atoms with E-state index in [1.807, 2.05) is 13.8 Å². The zero-order valence-corrected chi connectivity index (χ0v) is 12.6. The second-order valence-electron chi connectivity index (χ2n) is 4.46. The van der Waals surface area contributed by atoms with Crippen molar-refractivity contribution >= 4 is 33.2 Å². The van der Waals surface area contributed by atoms with Gasteiger partial charge in [-0.1, -0.05) is 13.8 Å². The molecule has 0 fully saturated rings. The average molecular weight is 330 g/mol. The van der Waals surface area contributed by atoms with Gasteiger partial charge in [-0.15, -0.1) is 0 Å². The number of carbonyl (C=O) groups excluding carboxylic acids is 1. The van der Waals surface area contributed by atoms with Crippen LogP contribution >= 0.6 is 15.9 Å². The Balaban J connectivity index is 2.86. The number of nitrogens with one attached hydrogen (secondary N) is 2. The lowest BCUT2D eigenvalue weighted by atomic mass is 10.2. The number of hydrogen-bond donors (Lipinski definition) is 2. The molecule has 0 radical (unpaired) electrons. The predicted molar refractivity (Wildman–Crippen MR) is 77.3 cm³/mol. The molecule has 1 aromatic rings. The predicted octanol–water partition coefficient (Wildman–Crippen LogP) is 2.60. The van der Waals surface area contributed by atoms with E-state index in [4.69, 9.17) is 0 Å². The Kier molecular flexibility index (Phi) is 5.44. The minimum atomic E-state index is -0.468. The van der Waals surface area contributed by atoms with Gasteiger partial charge in [0.15, 0.2) is 0 Å². The molecule has 1 rings (SSSR count). The molecule has 2 N–H and O–H groups in total. The second kappa shape index (κ2) is 6.63. The number of rotatable bonds is 5. The number of nitro groups is 1. The van der Waals surface area contributed by atoms with Crippen molar-refractivity contribution in [2.45, 2.75) is 26.8 Å². The normalized spacial score (nSPS) is 10.6. The molecule has 1 amide bonds. The molecule has 1 aromatic carbocycles. The van der Waals surface area contributed by atoms with Crippen LogP contribution in [0.15, 0.2) is 16.6 Å². The molecule has 7 heteroatoms. The summed E-state index contributed by atoms with van der Waals surface area (Å²) >= 11 is 3.28. The van der Waals surface area contributed by atoms with Crippen molar-refractivity contribution in [1.82, 2.24) is 5.32 Å². The first kappa shape index (κ1) is 15.6. The Morgan fingerprint density at radius 2 is 2.11 bits per heavy atom. The van der Waals surface area contributed by atoms with Crippen LogP contribution in [0.5, 0.6) is 0 Å². The number of hydrogen-bond acceptors (Lipinski definition) is 4. The molecule has 0 atom stereocenters. The number of carbonyl (C=O) groups is 1. The molecule has 0 aromatic heterocycles. The third-order valence-corrected chi connectivity index (χ3v) is 3.08. The first-order chi connectivity index (χ1) is 8.81. The highest BCUT2D eigenvalue weighted by Gasteiger charge is 2.15. The zero-order chi connectivity index (χ0) is 14.6. The monoisotopic (exact) mass is 329 g/mol. The molecule has 0 aliphatic rings. The molecule has 19 heavy (non-hydrogen) atoms. The summed E-state index contributed by atoms with van der Waals surface area (Å²) in [6.45, 7) is 5.67. The highest BCUT2D eigenvalue weighted by atomic mass is 79.9. The van der Waals surface area contributed by atoms with Gasteiger partial charge in [-0.25, -0.2) is 0 Å². The number of benzene rings is 1. The highest BCUT2D eigenvalue weighted by Crippen LogP contribution is 2.30. The van der Waals surface area contributed by atoms with Gasteiger partial charge in [0.25, 0.3) is 5.69 Å². The van der Waals surface area contributed by atoms with Crippen LogP contribution in [0.3, 0.4) is 0 Å². The smallest absolute Gasteiger partial charge is 0.274 e.